The molecule has 1 saturated heterocycles. The number of ether oxygens (including phenoxy) is 1. The minimum Gasteiger partial charge on any atom is -0.457 e. The number of halogens is 1. The van der Waals surface area contributed by atoms with Crippen molar-refractivity contribution in [2.24, 2.45) is 11.8 Å². The van der Waals surface area contributed by atoms with Crippen LogP contribution < -0.4 is 9.64 Å². The Morgan fingerprint density at radius 1 is 0.581 bits per heavy atom. The molecule has 0 spiro atoms. The second-order valence-electron chi connectivity index (χ2n) is 14.3. The van der Waals surface area contributed by atoms with Crippen LogP contribution in [0.15, 0.2) is 89.4 Å². The maximum absolute atomic E-state index is 14.3. The van der Waals surface area contributed by atoms with Crippen LogP contribution in [0, 0.1) is 11.8 Å². The number of imide groups is 1. The van der Waals surface area contributed by atoms with Crippen molar-refractivity contribution in [2.45, 2.75) is 64.2 Å². The molecule has 4 nitrogen and oxygen atoms in total. The van der Waals surface area contributed by atoms with Crippen LogP contribution in [0.25, 0.3) is 0 Å². The van der Waals surface area contributed by atoms with Gasteiger partial charge < -0.3 is 4.74 Å². The standard InChI is InChI=1S/C38H36BrNO3/c1-37(2,3)21-7-17-27-29(19-21)31-28-18-8-22(38(4,5)6)20-30(28)32(27)34-33(31)35(41)40(36(34)42)24-11-15-26(16-12-24)43-25-13-9-23(39)10-14-25/h7-20,31-34H,1-6H3/t31-,32-,33-,34+/m0/s1. The molecule has 2 amide bonds. The van der Waals surface area contributed by atoms with Crippen molar-refractivity contribution in [2.75, 3.05) is 4.90 Å². The second kappa shape index (κ2) is 9.65. The van der Waals surface area contributed by atoms with E-state index in [9.17, 15) is 9.59 Å². The number of anilines is 1. The SMILES string of the molecule is CC(C)(C)c1ccc2c(c1)[C@@H]1c3ccc(C(C)(C)C)cc3[C@H]2[C@@H]2C(=O)N(c3ccc(Oc4ccc(Br)cc4)cc3)C(=O)[C@H]12. The smallest absolute Gasteiger partial charge is 0.238 e. The maximum atomic E-state index is 14.3. The predicted octanol–water partition coefficient (Wildman–Crippen LogP) is 9.23. The molecule has 1 heterocycles. The Morgan fingerprint density at radius 3 is 1.42 bits per heavy atom. The summed E-state index contributed by atoms with van der Waals surface area (Å²) in [6.45, 7) is 13.3. The van der Waals surface area contributed by atoms with Crippen LogP contribution >= 0.6 is 15.9 Å². The summed E-state index contributed by atoms with van der Waals surface area (Å²) in [6.07, 6.45) is 0. The molecule has 0 aromatic heterocycles. The van der Waals surface area contributed by atoms with Gasteiger partial charge in [0.15, 0.2) is 0 Å². The first-order valence-electron chi connectivity index (χ1n) is 15.0. The van der Waals surface area contributed by atoms with E-state index in [2.05, 4.69) is 93.9 Å². The molecule has 43 heavy (non-hydrogen) atoms. The van der Waals surface area contributed by atoms with Crippen molar-refractivity contribution in [1.29, 1.82) is 0 Å². The van der Waals surface area contributed by atoms with Crippen LogP contribution in [0.1, 0.15) is 86.8 Å². The Morgan fingerprint density at radius 2 is 1.00 bits per heavy atom. The molecule has 0 unspecified atom stereocenters. The lowest BCUT2D eigenvalue weighted by Gasteiger charge is -2.47. The Balaban J connectivity index is 1.30. The summed E-state index contributed by atoms with van der Waals surface area (Å²) in [5.74, 6) is -0.0132. The van der Waals surface area contributed by atoms with Crippen molar-refractivity contribution in [1.82, 2.24) is 0 Å². The summed E-state index contributed by atoms with van der Waals surface area (Å²) in [4.78, 5) is 30.1. The summed E-state index contributed by atoms with van der Waals surface area (Å²) >= 11 is 3.45. The summed E-state index contributed by atoms with van der Waals surface area (Å²) < 4.78 is 6.97. The normalized spacial score (nSPS) is 22.3. The number of rotatable bonds is 3. The topological polar surface area (TPSA) is 46.6 Å². The van der Waals surface area contributed by atoms with Gasteiger partial charge in [0, 0.05) is 16.3 Å². The fraction of sp³-hybridized carbons (Fsp3) is 0.316. The number of carbonyl (C=O) groups is 2. The van der Waals surface area contributed by atoms with Crippen LogP contribution in [0.5, 0.6) is 11.5 Å². The van der Waals surface area contributed by atoms with Gasteiger partial charge in [0.05, 0.1) is 17.5 Å². The van der Waals surface area contributed by atoms with E-state index in [-0.39, 0.29) is 34.5 Å². The van der Waals surface area contributed by atoms with Gasteiger partial charge in [0.2, 0.25) is 11.8 Å². The van der Waals surface area contributed by atoms with Crippen molar-refractivity contribution >= 4 is 33.4 Å². The Hall–Kier alpha value is -3.70. The molecule has 4 aliphatic rings. The second-order valence-corrected chi connectivity index (χ2v) is 15.2. The third kappa shape index (κ3) is 4.47. The fourth-order valence-electron chi connectivity index (χ4n) is 7.27. The molecule has 4 aromatic carbocycles. The first-order valence-corrected chi connectivity index (χ1v) is 15.8. The third-order valence-corrected chi connectivity index (χ3v) is 10.0. The van der Waals surface area contributed by atoms with Crippen molar-refractivity contribution < 1.29 is 14.3 Å². The Bertz CT molecular complexity index is 1690. The average Bonchev–Trinajstić information content (AvgIpc) is 3.23. The molecule has 1 fully saturated rings. The van der Waals surface area contributed by atoms with Crippen molar-refractivity contribution in [3.8, 4) is 11.5 Å². The molecule has 5 heteroatoms. The Kier molecular flexibility index (Phi) is 6.31. The third-order valence-electron chi connectivity index (χ3n) is 9.51. The number of hydrogen-bond acceptors (Lipinski definition) is 3. The number of hydrogen-bond donors (Lipinski definition) is 0. The first-order chi connectivity index (χ1) is 20.3. The van der Waals surface area contributed by atoms with Gasteiger partial charge >= 0.3 is 0 Å². The summed E-state index contributed by atoms with van der Waals surface area (Å²) in [7, 11) is 0. The van der Waals surface area contributed by atoms with Gasteiger partial charge in [-0.25, -0.2) is 4.90 Å². The molecular formula is C38H36BrNO3. The zero-order chi connectivity index (χ0) is 30.4. The minimum absolute atomic E-state index is 0.0222. The van der Waals surface area contributed by atoms with Crippen molar-refractivity contribution in [3.63, 3.8) is 0 Å². The van der Waals surface area contributed by atoms with Gasteiger partial charge in [0.1, 0.15) is 11.5 Å². The average molecular weight is 635 g/mol. The highest BCUT2D eigenvalue weighted by Crippen LogP contribution is 2.62. The highest BCUT2D eigenvalue weighted by Gasteiger charge is 2.62. The van der Waals surface area contributed by atoms with E-state index < -0.39 is 11.8 Å². The summed E-state index contributed by atoms with van der Waals surface area (Å²) in [6, 6.07) is 28.4. The van der Waals surface area contributed by atoms with Crippen LogP contribution in [-0.2, 0) is 20.4 Å². The molecule has 4 atom stereocenters. The highest BCUT2D eigenvalue weighted by atomic mass is 79.9. The molecule has 0 N–H and O–H groups in total. The predicted molar refractivity (Wildman–Crippen MR) is 174 cm³/mol. The lowest BCUT2D eigenvalue weighted by Crippen LogP contribution is -2.42. The number of carbonyl (C=O) groups excluding carboxylic acids is 2. The van der Waals surface area contributed by atoms with E-state index in [1.165, 1.54) is 38.3 Å². The molecule has 3 aliphatic carbocycles. The molecule has 8 rings (SSSR count). The number of benzene rings is 4. The molecule has 4 aromatic rings. The number of nitrogens with zero attached hydrogens (tertiary/aromatic N) is 1. The highest BCUT2D eigenvalue weighted by molar-refractivity contribution is 9.10. The quantitative estimate of drug-likeness (QED) is 0.211. The molecule has 2 bridgehead atoms. The number of amides is 2. The van der Waals surface area contributed by atoms with Gasteiger partial charge in [-0.2, -0.15) is 0 Å². The maximum Gasteiger partial charge on any atom is 0.238 e. The summed E-state index contributed by atoms with van der Waals surface area (Å²) in [5.41, 5.74) is 7.84. The van der Waals surface area contributed by atoms with E-state index >= 15 is 0 Å². The first kappa shape index (κ1) is 28.1. The largest absolute Gasteiger partial charge is 0.457 e. The Labute approximate surface area is 262 Å². The van der Waals surface area contributed by atoms with Gasteiger partial charge in [0.25, 0.3) is 0 Å². The zero-order valence-electron chi connectivity index (χ0n) is 25.4. The van der Waals surface area contributed by atoms with E-state index in [0.717, 1.165) is 4.47 Å². The van der Waals surface area contributed by atoms with Gasteiger partial charge in [-0.05, 0) is 92.7 Å². The molecular weight excluding hydrogens is 598 g/mol. The van der Waals surface area contributed by atoms with Crippen LogP contribution in [0.2, 0.25) is 0 Å². The molecule has 1 aliphatic heterocycles. The molecule has 218 valence electrons. The lowest BCUT2D eigenvalue weighted by atomic mass is 9.54. The van der Waals surface area contributed by atoms with E-state index in [1.807, 2.05) is 48.5 Å². The summed E-state index contributed by atoms with van der Waals surface area (Å²) in [5, 5.41) is 0. The molecule has 0 radical (unpaired) electrons. The van der Waals surface area contributed by atoms with Crippen LogP contribution in [-0.4, -0.2) is 11.8 Å². The van der Waals surface area contributed by atoms with Crippen molar-refractivity contribution in [3.05, 3.63) is 123 Å². The van der Waals surface area contributed by atoms with Gasteiger partial charge in [-0.3, -0.25) is 9.59 Å². The fourth-order valence-corrected chi connectivity index (χ4v) is 7.53. The van der Waals surface area contributed by atoms with E-state index in [1.54, 1.807) is 0 Å². The van der Waals surface area contributed by atoms with E-state index in [4.69, 9.17) is 4.74 Å². The monoisotopic (exact) mass is 633 g/mol. The minimum atomic E-state index is -0.424. The van der Waals surface area contributed by atoms with E-state index in [0.29, 0.717) is 17.2 Å². The van der Waals surface area contributed by atoms with Crippen LogP contribution in [0.4, 0.5) is 5.69 Å². The van der Waals surface area contributed by atoms with Gasteiger partial charge in [-0.1, -0.05) is 93.9 Å². The molecule has 0 saturated carbocycles. The van der Waals surface area contributed by atoms with Gasteiger partial charge in [-0.15, -0.1) is 0 Å². The lowest BCUT2D eigenvalue weighted by molar-refractivity contribution is -0.122. The van der Waals surface area contributed by atoms with Crippen LogP contribution in [0.3, 0.4) is 0 Å². The zero-order valence-corrected chi connectivity index (χ0v) is 27.0.